The number of carbonyl (C=O) groups excluding carboxylic acids is 1. The van der Waals surface area contributed by atoms with Crippen molar-refractivity contribution >= 4 is 23.1 Å². The Morgan fingerprint density at radius 1 is 1.67 bits per heavy atom. The average Bonchev–Trinajstić information content (AvgIpc) is 2.47. The molecule has 0 aliphatic carbocycles. The molecular formula is C9H15NOS. The lowest BCUT2D eigenvalue weighted by Gasteiger charge is -2.14. The van der Waals surface area contributed by atoms with E-state index < -0.39 is 0 Å². The van der Waals surface area contributed by atoms with Gasteiger partial charge in [-0.2, -0.15) is 0 Å². The number of thiocarbonyl (C=S) groups is 1. The monoisotopic (exact) mass is 185 g/mol. The van der Waals surface area contributed by atoms with Crippen LogP contribution < -0.4 is 0 Å². The number of likely N-dealkylation sites (tertiary alicyclic amines) is 1. The number of rotatable bonds is 3. The van der Waals surface area contributed by atoms with Gasteiger partial charge in [-0.05, 0) is 12.8 Å². The minimum absolute atomic E-state index is 0.222. The van der Waals surface area contributed by atoms with E-state index in [0.29, 0.717) is 6.42 Å². The number of hydrogen-bond donors (Lipinski definition) is 0. The Balaban J connectivity index is 2.36. The molecule has 1 rings (SSSR count). The number of hydrogen-bond acceptors (Lipinski definition) is 2. The Morgan fingerprint density at radius 3 is 2.92 bits per heavy atom. The van der Waals surface area contributed by atoms with Gasteiger partial charge in [0.1, 0.15) is 0 Å². The van der Waals surface area contributed by atoms with Gasteiger partial charge in [0.2, 0.25) is 5.91 Å². The van der Waals surface area contributed by atoms with Crippen molar-refractivity contribution in [2.45, 2.75) is 39.0 Å². The molecule has 0 bridgehead atoms. The molecule has 1 heterocycles. The number of nitrogens with zero attached hydrogens (tertiary/aromatic N) is 1. The molecule has 1 fully saturated rings. The van der Waals surface area contributed by atoms with Gasteiger partial charge < -0.3 is 4.90 Å². The van der Waals surface area contributed by atoms with E-state index in [-0.39, 0.29) is 5.91 Å². The van der Waals surface area contributed by atoms with Crippen molar-refractivity contribution in [1.82, 2.24) is 4.90 Å². The van der Waals surface area contributed by atoms with Crippen LogP contribution in [0.2, 0.25) is 0 Å². The summed E-state index contributed by atoms with van der Waals surface area (Å²) in [7, 11) is 0. The van der Waals surface area contributed by atoms with Crippen LogP contribution in [-0.4, -0.2) is 22.3 Å². The fourth-order valence-electron chi connectivity index (χ4n) is 1.37. The highest BCUT2D eigenvalue weighted by atomic mass is 32.1. The normalized spacial score (nSPS) is 17.1. The maximum absolute atomic E-state index is 11.5. The third-order valence-electron chi connectivity index (χ3n) is 2.12. The van der Waals surface area contributed by atoms with E-state index in [2.05, 4.69) is 6.92 Å². The SMILES string of the molecule is CCCCC(=O)N1CCCC1=S. The molecule has 68 valence electrons. The standard InChI is InChI=1S/C9H15NOS/c1-2-3-5-8(11)10-7-4-6-9(10)12/h2-7H2,1H3. The molecular weight excluding hydrogens is 170 g/mol. The van der Waals surface area contributed by atoms with E-state index in [1.54, 1.807) is 4.90 Å². The third-order valence-corrected chi connectivity index (χ3v) is 2.54. The fraction of sp³-hybridized carbons (Fsp3) is 0.778. The van der Waals surface area contributed by atoms with Gasteiger partial charge >= 0.3 is 0 Å². The quantitative estimate of drug-likeness (QED) is 0.628. The van der Waals surface area contributed by atoms with Gasteiger partial charge in [0.05, 0.1) is 4.99 Å². The summed E-state index contributed by atoms with van der Waals surface area (Å²) in [5, 5.41) is 0. The van der Waals surface area contributed by atoms with E-state index in [4.69, 9.17) is 12.2 Å². The van der Waals surface area contributed by atoms with Crippen molar-refractivity contribution in [2.24, 2.45) is 0 Å². The van der Waals surface area contributed by atoms with Crippen molar-refractivity contribution in [3.05, 3.63) is 0 Å². The van der Waals surface area contributed by atoms with Crippen LogP contribution >= 0.6 is 12.2 Å². The molecule has 0 radical (unpaired) electrons. The topological polar surface area (TPSA) is 20.3 Å². The Morgan fingerprint density at radius 2 is 2.42 bits per heavy atom. The molecule has 0 aromatic carbocycles. The molecule has 1 aliphatic rings. The van der Waals surface area contributed by atoms with Crippen LogP contribution in [0.4, 0.5) is 0 Å². The number of unbranched alkanes of at least 4 members (excludes halogenated alkanes) is 1. The summed E-state index contributed by atoms with van der Waals surface area (Å²) in [4.78, 5) is 14.1. The van der Waals surface area contributed by atoms with Crippen molar-refractivity contribution < 1.29 is 4.79 Å². The smallest absolute Gasteiger partial charge is 0.227 e. The Kier molecular flexibility index (Phi) is 3.66. The molecule has 1 saturated heterocycles. The summed E-state index contributed by atoms with van der Waals surface area (Å²) in [5.41, 5.74) is 0. The van der Waals surface area contributed by atoms with Gasteiger partial charge in [-0.1, -0.05) is 25.6 Å². The molecule has 12 heavy (non-hydrogen) atoms. The molecule has 0 aromatic rings. The molecule has 2 nitrogen and oxygen atoms in total. The van der Waals surface area contributed by atoms with Gasteiger partial charge in [0.25, 0.3) is 0 Å². The van der Waals surface area contributed by atoms with Crippen molar-refractivity contribution in [3.8, 4) is 0 Å². The maximum Gasteiger partial charge on any atom is 0.227 e. The highest BCUT2D eigenvalue weighted by Crippen LogP contribution is 2.13. The fourth-order valence-corrected chi connectivity index (χ4v) is 1.71. The molecule has 1 amide bonds. The van der Waals surface area contributed by atoms with E-state index in [9.17, 15) is 4.79 Å². The largest absolute Gasteiger partial charge is 0.307 e. The zero-order chi connectivity index (χ0) is 8.97. The molecule has 0 N–H and O–H groups in total. The van der Waals surface area contributed by atoms with Gasteiger partial charge in [-0.25, -0.2) is 0 Å². The highest BCUT2D eigenvalue weighted by molar-refractivity contribution is 7.80. The first kappa shape index (κ1) is 9.65. The summed E-state index contributed by atoms with van der Waals surface area (Å²) in [6, 6.07) is 0. The van der Waals surface area contributed by atoms with Crippen molar-refractivity contribution in [2.75, 3.05) is 6.54 Å². The van der Waals surface area contributed by atoms with E-state index in [1.165, 1.54) is 0 Å². The molecule has 0 saturated carbocycles. The molecule has 1 aliphatic heterocycles. The van der Waals surface area contributed by atoms with E-state index in [0.717, 1.165) is 37.2 Å². The zero-order valence-electron chi connectivity index (χ0n) is 7.51. The molecule has 0 atom stereocenters. The summed E-state index contributed by atoms with van der Waals surface area (Å²) in [6.45, 7) is 2.94. The van der Waals surface area contributed by atoms with Crippen LogP contribution in [0.1, 0.15) is 39.0 Å². The zero-order valence-corrected chi connectivity index (χ0v) is 8.32. The summed E-state index contributed by atoms with van der Waals surface area (Å²) in [6.07, 6.45) is 4.70. The highest BCUT2D eigenvalue weighted by Gasteiger charge is 2.21. The summed E-state index contributed by atoms with van der Waals surface area (Å²) >= 11 is 5.07. The minimum Gasteiger partial charge on any atom is -0.307 e. The number of amides is 1. The maximum atomic E-state index is 11.5. The van der Waals surface area contributed by atoms with Crippen LogP contribution in [0, 0.1) is 0 Å². The summed E-state index contributed by atoms with van der Waals surface area (Å²) < 4.78 is 0. The number of carbonyl (C=O) groups is 1. The first-order valence-corrected chi connectivity index (χ1v) is 4.99. The Labute approximate surface area is 78.9 Å². The third kappa shape index (κ3) is 2.27. The summed E-state index contributed by atoms with van der Waals surface area (Å²) in [5.74, 6) is 0.222. The minimum atomic E-state index is 0.222. The molecule has 3 heteroatoms. The predicted molar refractivity (Wildman–Crippen MR) is 53.1 cm³/mol. The molecule has 0 spiro atoms. The van der Waals surface area contributed by atoms with E-state index in [1.807, 2.05) is 0 Å². The van der Waals surface area contributed by atoms with Crippen LogP contribution in [0.25, 0.3) is 0 Å². The Bertz CT molecular complexity index is 191. The lowest BCUT2D eigenvalue weighted by atomic mass is 10.2. The van der Waals surface area contributed by atoms with Crippen LogP contribution in [0.3, 0.4) is 0 Å². The van der Waals surface area contributed by atoms with Gasteiger partial charge in [-0.15, -0.1) is 0 Å². The van der Waals surface area contributed by atoms with Gasteiger partial charge in [-0.3, -0.25) is 4.79 Å². The second kappa shape index (κ2) is 4.55. The first-order chi connectivity index (χ1) is 5.75. The molecule has 0 unspecified atom stereocenters. The lowest BCUT2D eigenvalue weighted by molar-refractivity contribution is -0.127. The average molecular weight is 185 g/mol. The second-order valence-electron chi connectivity index (χ2n) is 3.15. The van der Waals surface area contributed by atoms with Crippen LogP contribution in [0.15, 0.2) is 0 Å². The first-order valence-electron chi connectivity index (χ1n) is 4.59. The lowest BCUT2D eigenvalue weighted by Crippen LogP contribution is -2.30. The van der Waals surface area contributed by atoms with Crippen molar-refractivity contribution in [1.29, 1.82) is 0 Å². The van der Waals surface area contributed by atoms with Gasteiger partial charge in [0, 0.05) is 19.4 Å². The van der Waals surface area contributed by atoms with Gasteiger partial charge in [0.15, 0.2) is 0 Å². The second-order valence-corrected chi connectivity index (χ2v) is 3.62. The van der Waals surface area contributed by atoms with Crippen molar-refractivity contribution in [3.63, 3.8) is 0 Å². The Hall–Kier alpha value is -0.440. The van der Waals surface area contributed by atoms with Crippen LogP contribution in [-0.2, 0) is 4.79 Å². The molecule has 0 aromatic heterocycles. The van der Waals surface area contributed by atoms with E-state index >= 15 is 0 Å². The van der Waals surface area contributed by atoms with Crippen LogP contribution in [0.5, 0.6) is 0 Å². The predicted octanol–water partition coefficient (Wildman–Crippen LogP) is 2.13.